The van der Waals surface area contributed by atoms with Crippen LogP contribution < -0.4 is 0 Å². The third-order valence-corrected chi connectivity index (χ3v) is 5.28. The second-order valence-corrected chi connectivity index (χ2v) is 6.92. The van der Waals surface area contributed by atoms with E-state index in [0.717, 1.165) is 5.56 Å². The Morgan fingerprint density at radius 3 is 2.43 bits per heavy atom. The van der Waals surface area contributed by atoms with Gasteiger partial charge in [-0.1, -0.05) is 41.9 Å². The van der Waals surface area contributed by atoms with E-state index in [2.05, 4.69) is 0 Å². The third-order valence-electron chi connectivity index (χ3n) is 3.00. The van der Waals surface area contributed by atoms with Gasteiger partial charge in [0.25, 0.3) is 0 Å². The van der Waals surface area contributed by atoms with Crippen LogP contribution in [-0.2, 0) is 16.6 Å². The molecule has 2 rings (SSSR count). The number of sulfonamides is 1. The smallest absolute Gasteiger partial charge is 0.207 e. The highest BCUT2D eigenvalue weighted by Gasteiger charge is 2.23. The zero-order valence-electron chi connectivity index (χ0n) is 11.3. The molecule has 0 bridgehead atoms. The molecule has 0 saturated carbocycles. The summed E-state index contributed by atoms with van der Waals surface area (Å²) in [7, 11) is -2.20. The van der Waals surface area contributed by atoms with Gasteiger partial charge in [-0.25, -0.2) is 8.42 Å². The zero-order chi connectivity index (χ0) is 15.5. The summed E-state index contributed by atoms with van der Waals surface area (Å²) in [6.07, 6.45) is 0. The van der Waals surface area contributed by atoms with E-state index in [1.165, 1.54) is 29.6 Å². The van der Waals surface area contributed by atoms with Crippen molar-refractivity contribution in [1.29, 1.82) is 5.26 Å². The molecule has 0 atom stereocenters. The van der Waals surface area contributed by atoms with Crippen LogP contribution >= 0.6 is 11.6 Å². The Bertz CT molecular complexity index is 783. The van der Waals surface area contributed by atoms with Crippen molar-refractivity contribution in [3.8, 4) is 6.07 Å². The average molecular weight is 321 g/mol. The lowest BCUT2D eigenvalue weighted by Gasteiger charge is -2.18. The van der Waals surface area contributed by atoms with E-state index in [1.54, 1.807) is 0 Å². The molecule has 0 amide bonds. The van der Waals surface area contributed by atoms with Gasteiger partial charge in [-0.15, -0.1) is 0 Å². The molecule has 2 aromatic carbocycles. The lowest BCUT2D eigenvalue weighted by molar-refractivity contribution is 0.467. The number of nitriles is 1. The first-order valence-electron chi connectivity index (χ1n) is 6.15. The minimum absolute atomic E-state index is 0.00148. The van der Waals surface area contributed by atoms with Crippen LogP contribution in [0.15, 0.2) is 53.4 Å². The van der Waals surface area contributed by atoms with E-state index in [-0.39, 0.29) is 16.5 Å². The second kappa shape index (κ2) is 6.27. The lowest BCUT2D eigenvalue weighted by atomic mass is 10.2. The summed E-state index contributed by atoms with van der Waals surface area (Å²) in [4.78, 5) is 0.00148. The van der Waals surface area contributed by atoms with E-state index in [1.807, 2.05) is 36.4 Å². The van der Waals surface area contributed by atoms with Crippen LogP contribution in [0.25, 0.3) is 0 Å². The first kappa shape index (κ1) is 15.5. The standard InChI is InChI=1S/C15H13ClN2O2S/c1-18(11-12-5-3-2-4-6-12)21(19,20)15-8-7-13(10-17)9-14(15)16/h2-9H,11H2,1H3. The van der Waals surface area contributed by atoms with Crippen molar-refractivity contribution in [2.75, 3.05) is 7.05 Å². The molecule has 0 spiro atoms. The maximum Gasteiger partial charge on any atom is 0.244 e. The first-order valence-corrected chi connectivity index (χ1v) is 7.97. The molecular formula is C15H13ClN2O2S. The van der Waals surface area contributed by atoms with E-state index >= 15 is 0 Å². The Kier molecular flexibility index (Phi) is 4.63. The van der Waals surface area contributed by atoms with E-state index < -0.39 is 10.0 Å². The lowest BCUT2D eigenvalue weighted by Crippen LogP contribution is -2.26. The van der Waals surface area contributed by atoms with Gasteiger partial charge in [-0.2, -0.15) is 9.57 Å². The minimum atomic E-state index is -3.70. The largest absolute Gasteiger partial charge is 0.244 e. The second-order valence-electron chi connectivity index (χ2n) is 4.50. The topological polar surface area (TPSA) is 61.2 Å². The van der Waals surface area contributed by atoms with Crippen molar-refractivity contribution >= 4 is 21.6 Å². The van der Waals surface area contributed by atoms with Gasteiger partial charge in [-0.05, 0) is 23.8 Å². The first-order chi connectivity index (χ1) is 9.95. The zero-order valence-corrected chi connectivity index (χ0v) is 12.9. The Hall–Kier alpha value is -1.87. The van der Waals surface area contributed by atoms with Gasteiger partial charge in [0.05, 0.1) is 16.7 Å². The van der Waals surface area contributed by atoms with Crippen molar-refractivity contribution in [1.82, 2.24) is 4.31 Å². The summed E-state index contributed by atoms with van der Waals surface area (Å²) in [5.74, 6) is 0. The Balaban J connectivity index is 2.32. The van der Waals surface area contributed by atoms with Crippen LogP contribution in [0.4, 0.5) is 0 Å². The maximum atomic E-state index is 12.5. The minimum Gasteiger partial charge on any atom is -0.207 e. The molecule has 0 aromatic heterocycles. The summed E-state index contributed by atoms with van der Waals surface area (Å²) < 4.78 is 26.3. The van der Waals surface area contributed by atoms with Crippen LogP contribution in [0.5, 0.6) is 0 Å². The number of hydrogen-bond donors (Lipinski definition) is 0. The molecule has 21 heavy (non-hydrogen) atoms. The van der Waals surface area contributed by atoms with Gasteiger partial charge in [0.2, 0.25) is 10.0 Å². The Morgan fingerprint density at radius 2 is 1.86 bits per heavy atom. The summed E-state index contributed by atoms with van der Waals surface area (Å²) in [5.41, 5.74) is 1.21. The summed E-state index contributed by atoms with van der Waals surface area (Å²) >= 11 is 5.98. The number of halogens is 1. The van der Waals surface area contributed by atoms with Crippen molar-refractivity contribution < 1.29 is 8.42 Å². The summed E-state index contributed by atoms with van der Waals surface area (Å²) in [6, 6.07) is 15.4. The normalized spacial score (nSPS) is 11.3. The summed E-state index contributed by atoms with van der Waals surface area (Å²) in [6.45, 7) is 0.250. The van der Waals surface area contributed by atoms with Gasteiger partial charge >= 0.3 is 0 Å². The molecule has 0 N–H and O–H groups in total. The summed E-state index contributed by atoms with van der Waals surface area (Å²) in [5, 5.41) is 8.84. The van der Waals surface area contributed by atoms with Gasteiger partial charge in [0.15, 0.2) is 0 Å². The molecule has 6 heteroatoms. The van der Waals surface area contributed by atoms with Crippen molar-refractivity contribution in [2.24, 2.45) is 0 Å². The highest BCUT2D eigenvalue weighted by atomic mass is 35.5. The number of benzene rings is 2. The highest BCUT2D eigenvalue weighted by Crippen LogP contribution is 2.25. The van der Waals surface area contributed by atoms with Gasteiger partial charge in [-0.3, -0.25) is 0 Å². The Labute approximate surface area is 129 Å². The molecule has 4 nitrogen and oxygen atoms in total. The molecular weight excluding hydrogens is 308 g/mol. The van der Waals surface area contributed by atoms with Crippen LogP contribution in [0.2, 0.25) is 5.02 Å². The molecule has 0 saturated heterocycles. The fraction of sp³-hybridized carbons (Fsp3) is 0.133. The average Bonchev–Trinajstić information content (AvgIpc) is 2.47. The van der Waals surface area contributed by atoms with E-state index in [4.69, 9.17) is 16.9 Å². The fourth-order valence-electron chi connectivity index (χ4n) is 1.87. The quantitative estimate of drug-likeness (QED) is 0.870. The van der Waals surface area contributed by atoms with Crippen molar-refractivity contribution in [2.45, 2.75) is 11.4 Å². The molecule has 0 radical (unpaired) electrons. The van der Waals surface area contributed by atoms with Crippen molar-refractivity contribution in [3.05, 3.63) is 64.7 Å². The molecule has 108 valence electrons. The van der Waals surface area contributed by atoms with E-state index in [0.29, 0.717) is 5.56 Å². The highest BCUT2D eigenvalue weighted by molar-refractivity contribution is 7.89. The monoisotopic (exact) mass is 320 g/mol. The van der Waals surface area contributed by atoms with E-state index in [9.17, 15) is 8.42 Å². The third kappa shape index (κ3) is 3.42. The molecule has 0 unspecified atom stereocenters. The number of hydrogen-bond acceptors (Lipinski definition) is 3. The van der Waals surface area contributed by atoms with Crippen LogP contribution in [0.3, 0.4) is 0 Å². The molecule has 0 aliphatic heterocycles. The van der Waals surface area contributed by atoms with Gasteiger partial charge in [0, 0.05) is 13.6 Å². The maximum absolute atomic E-state index is 12.5. The van der Waals surface area contributed by atoms with Gasteiger partial charge in [0.1, 0.15) is 4.90 Å². The van der Waals surface area contributed by atoms with Crippen LogP contribution in [-0.4, -0.2) is 19.8 Å². The predicted molar refractivity (Wildman–Crippen MR) is 81.3 cm³/mol. The number of rotatable bonds is 4. The molecule has 0 fully saturated rings. The predicted octanol–water partition coefficient (Wildman–Crippen LogP) is 3.03. The van der Waals surface area contributed by atoms with Gasteiger partial charge < -0.3 is 0 Å². The molecule has 2 aromatic rings. The number of nitrogens with zero attached hydrogens (tertiary/aromatic N) is 2. The van der Waals surface area contributed by atoms with Crippen molar-refractivity contribution in [3.63, 3.8) is 0 Å². The van der Waals surface area contributed by atoms with Crippen LogP contribution in [0.1, 0.15) is 11.1 Å². The van der Waals surface area contributed by atoms with Crippen LogP contribution in [0, 0.1) is 11.3 Å². The molecule has 0 aliphatic carbocycles. The fourth-order valence-corrected chi connectivity index (χ4v) is 3.55. The molecule has 0 heterocycles. The molecule has 0 aliphatic rings. The Morgan fingerprint density at radius 1 is 1.19 bits per heavy atom. The SMILES string of the molecule is CN(Cc1ccccc1)S(=O)(=O)c1ccc(C#N)cc1Cl.